The smallest absolute Gasteiger partial charge is 0.237 e. The monoisotopic (exact) mass is 408 g/mol. The van der Waals surface area contributed by atoms with Crippen LogP contribution in [-0.2, 0) is 24.3 Å². The lowest BCUT2D eigenvalue weighted by Gasteiger charge is -2.35. The fourth-order valence-corrected chi connectivity index (χ4v) is 4.45. The summed E-state index contributed by atoms with van der Waals surface area (Å²) in [5.74, 6) is 2.43. The summed E-state index contributed by atoms with van der Waals surface area (Å²) in [6.45, 7) is 3.71. The summed E-state index contributed by atoms with van der Waals surface area (Å²) < 4.78 is 10.9. The van der Waals surface area contributed by atoms with Gasteiger partial charge >= 0.3 is 0 Å². The highest BCUT2D eigenvalue weighted by molar-refractivity contribution is 5.78. The minimum atomic E-state index is 0.214. The molecule has 4 rings (SSSR count). The summed E-state index contributed by atoms with van der Waals surface area (Å²) in [5.41, 5.74) is 3.67. The Morgan fingerprint density at radius 3 is 2.40 bits per heavy atom. The molecule has 0 aromatic heterocycles. The highest BCUT2D eigenvalue weighted by Crippen LogP contribution is 2.33. The predicted molar refractivity (Wildman–Crippen MR) is 118 cm³/mol. The number of carbonyl (C=O) groups excluding carboxylic acids is 1. The number of carbonyl (C=O) groups is 1. The lowest BCUT2D eigenvalue weighted by molar-refractivity contribution is -0.133. The van der Waals surface area contributed by atoms with Crippen molar-refractivity contribution in [2.24, 2.45) is 5.92 Å². The van der Waals surface area contributed by atoms with Gasteiger partial charge in [0.25, 0.3) is 0 Å². The molecule has 0 bridgehead atoms. The number of hydrogen-bond acceptors (Lipinski definition) is 4. The minimum Gasteiger partial charge on any atom is -0.493 e. The first-order chi connectivity index (χ1) is 14.7. The molecule has 0 radical (unpaired) electrons. The molecule has 2 aliphatic rings. The van der Waals surface area contributed by atoms with E-state index in [9.17, 15) is 4.79 Å². The summed E-state index contributed by atoms with van der Waals surface area (Å²) in [4.78, 5) is 17.5. The van der Waals surface area contributed by atoms with Gasteiger partial charge in [-0.25, -0.2) is 0 Å². The average Bonchev–Trinajstić information content (AvgIpc) is 2.75. The molecule has 1 aliphatic heterocycles. The van der Waals surface area contributed by atoms with Crippen LogP contribution in [0.3, 0.4) is 0 Å². The Bertz CT molecular complexity index is 864. The number of hydrogen-bond donors (Lipinski definition) is 0. The van der Waals surface area contributed by atoms with Crippen LogP contribution in [0.25, 0.3) is 0 Å². The maximum atomic E-state index is 13.2. The van der Waals surface area contributed by atoms with E-state index in [0.717, 1.165) is 49.0 Å². The molecule has 0 atom stereocenters. The van der Waals surface area contributed by atoms with Gasteiger partial charge in [-0.05, 0) is 54.0 Å². The van der Waals surface area contributed by atoms with Crippen LogP contribution in [0.4, 0.5) is 0 Å². The normalized spacial score (nSPS) is 16.2. The lowest BCUT2D eigenvalue weighted by atomic mass is 9.85. The molecule has 0 spiro atoms. The zero-order valence-electron chi connectivity index (χ0n) is 18.1. The molecular weight excluding hydrogens is 376 g/mol. The Kier molecular flexibility index (Phi) is 6.58. The van der Waals surface area contributed by atoms with E-state index in [1.165, 1.54) is 30.4 Å². The van der Waals surface area contributed by atoms with E-state index < -0.39 is 0 Å². The van der Waals surface area contributed by atoms with Gasteiger partial charge in [0.2, 0.25) is 5.91 Å². The van der Waals surface area contributed by atoms with Gasteiger partial charge < -0.3 is 14.4 Å². The molecule has 1 aliphatic carbocycles. The molecule has 1 saturated carbocycles. The first-order valence-corrected chi connectivity index (χ1v) is 10.9. The molecule has 2 aromatic rings. The number of methoxy groups -OCH3 is 2. The van der Waals surface area contributed by atoms with E-state index in [4.69, 9.17) is 9.47 Å². The number of benzene rings is 2. The van der Waals surface area contributed by atoms with Gasteiger partial charge in [0, 0.05) is 26.2 Å². The van der Waals surface area contributed by atoms with Gasteiger partial charge in [0.15, 0.2) is 11.5 Å². The Labute approximate surface area is 179 Å². The number of ether oxygens (including phenoxy) is 2. The molecule has 5 nitrogen and oxygen atoms in total. The van der Waals surface area contributed by atoms with Gasteiger partial charge in [-0.2, -0.15) is 0 Å². The van der Waals surface area contributed by atoms with Crippen molar-refractivity contribution in [3.05, 3.63) is 59.2 Å². The largest absolute Gasteiger partial charge is 0.493 e. The highest BCUT2D eigenvalue weighted by atomic mass is 16.5. The third-order valence-electron chi connectivity index (χ3n) is 6.42. The third kappa shape index (κ3) is 4.78. The van der Waals surface area contributed by atoms with Crippen molar-refractivity contribution in [3.8, 4) is 11.5 Å². The second-order valence-electron chi connectivity index (χ2n) is 8.49. The standard InChI is InChI=1S/C25H32N2O3/c1-29-23-13-21-11-12-27(17-22(21)14-24(23)30-2)25(28)18-26(16-20-9-6-10-20)15-19-7-4-3-5-8-19/h3-5,7-8,13-14,20H,6,9-12,15-18H2,1-2H3. The summed E-state index contributed by atoms with van der Waals surface area (Å²) in [5, 5.41) is 0. The quantitative estimate of drug-likeness (QED) is 0.665. The van der Waals surface area contributed by atoms with Crippen LogP contribution >= 0.6 is 0 Å². The third-order valence-corrected chi connectivity index (χ3v) is 6.42. The summed E-state index contributed by atoms with van der Waals surface area (Å²) in [6, 6.07) is 14.5. The molecule has 1 amide bonds. The van der Waals surface area contributed by atoms with Crippen molar-refractivity contribution in [1.29, 1.82) is 0 Å². The van der Waals surface area contributed by atoms with E-state index in [-0.39, 0.29) is 5.91 Å². The van der Waals surface area contributed by atoms with Crippen molar-refractivity contribution < 1.29 is 14.3 Å². The van der Waals surface area contributed by atoms with Gasteiger partial charge in [-0.1, -0.05) is 36.8 Å². The second kappa shape index (κ2) is 9.52. The fourth-order valence-electron chi connectivity index (χ4n) is 4.45. The van der Waals surface area contributed by atoms with Crippen LogP contribution in [0.2, 0.25) is 0 Å². The van der Waals surface area contributed by atoms with Crippen LogP contribution in [-0.4, -0.2) is 49.6 Å². The Morgan fingerprint density at radius 2 is 1.77 bits per heavy atom. The first-order valence-electron chi connectivity index (χ1n) is 10.9. The lowest BCUT2D eigenvalue weighted by Crippen LogP contribution is -2.44. The molecule has 0 saturated heterocycles. The van der Waals surface area contributed by atoms with E-state index in [2.05, 4.69) is 29.2 Å². The molecule has 2 aromatic carbocycles. The molecule has 160 valence electrons. The van der Waals surface area contributed by atoms with E-state index in [0.29, 0.717) is 13.1 Å². The highest BCUT2D eigenvalue weighted by Gasteiger charge is 2.26. The summed E-state index contributed by atoms with van der Waals surface area (Å²) in [6.07, 6.45) is 4.76. The zero-order valence-corrected chi connectivity index (χ0v) is 18.1. The van der Waals surface area contributed by atoms with Crippen molar-refractivity contribution in [2.45, 2.75) is 38.8 Å². The van der Waals surface area contributed by atoms with Crippen LogP contribution in [0.15, 0.2) is 42.5 Å². The summed E-state index contributed by atoms with van der Waals surface area (Å²) in [7, 11) is 3.31. The molecule has 1 heterocycles. The molecule has 1 fully saturated rings. The minimum absolute atomic E-state index is 0.214. The number of rotatable bonds is 8. The maximum absolute atomic E-state index is 13.2. The van der Waals surface area contributed by atoms with Gasteiger partial charge in [0.1, 0.15) is 0 Å². The van der Waals surface area contributed by atoms with Crippen LogP contribution < -0.4 is 9.47 Å². The maximum Gasteiger partial charge on any atom is 0.237 e. The number of fused-ring (bicyclic) bond motifs is 1. The molecule has 30 heavy (non-hydrogen) atoms. The van der Waals surface area contributed by atoms with Gasteiger partial charge in [-0.3, -0.25) is 9.69 Å². The van der Waals surface area contributed by atoms with E-state index >= 15 is 0 Å². The van der Waals surface area contributed by atoms with Gasteiger partial charge in [0.05, 0.1) is 20.8 Å². The topological polar surface area (TPSA) is 42.0 Å². The SMILES string of the molecule is COc1cc2c(cc1OC)CN(C(=O)CN(Cc1ccccc1)CC1CCC1)CC2. The summed E-state index contributed by atoms with van der Waals surface area (Å²) >= 11 is 0. The van der Waals surface area contributed by atoms with Crippen molar-refractivity contribution in [1.82, 2.24) is 9.80 Å². The fraction of sp³-hybridized carbons (Fsp3) is 0.480. The number of amides is 1. The Morgan fingerprint density at radius 1 is 1.07 bits per heavy atom. The van der Waals surface area contributed by atoms with Crippen molar-refractivity contribution >= 4 is 5.91 Å². The zero-order chi connectivity index (χ0) is 20.9. The first kappa shape index (κ1) is 20.7. The van der Waals surface area contributed by atoms with E-state index in [1.807, 2.05) is 23.1 Å². The van der Waals surface area contributed by atoms with Crippen LogP contribution in [0, 0.1) is 5.92 Å². The van der Waals surface area contributed by atoms with Crippen molar-refractivity contribution in [2.75, 3.05) is 33.9 Å². The molecule has 0 N–H and O–H groups in total. The van der Waals surface area contributed by atoms with E-state index in [1.54, 1.807) is 14.2 Å². The van der Waals surface area contributed by atoms with Crippen molar-refractivity contribution in [3.63, 3.8) is 0 Å². The van der Waals surface area contributed by atoms with Crippen LogP contribution in [0.5, 0.6) is 11.5 Å². The number of nitrogens with zero attached hydrogens (tertiary/aromatic N) is 2. The van der Waals surface area contributed by atoms with Crippen LogP contribution in [0.1, 0.15) is 36.0 Å². The Balaban J connectivity index is 1.43. The average molecular weight is 409 g/mol. The molecular formula is C25H32N2O3. The predicted octanol–water partition coefficient (Wildman–Crippen LogP) is 3.89. The molecule has 0 unspecified atom stereocenters. The van der Waals surface area contributed by atoms with Gasteiger partial charge in [-0.15, -0.1) is 0 Å². The second-order valence-corrected chi connectivity index (χ2v) is 8.49. The molecule has 5 heteroatoms. The Hall–Kier alpha value is -2.53.